The lowest BCUT2D eigenvalue weighted by atomic mass is 10.1. The first-order valence-corrected chi connectivity index (χ1v) is 8.54. The summed E-state index contributed by atoms with van der Waals surface area (Å²) in [7, 11) is 0. The summed E-state index contributed by atoms with van der Waals surface area (Å²) in [6, 6.07) is 12.8. The second-order valence-corrected chi connectivity index (χ2v) is 6.21. The molecule has 0 spiro atoms. The monoisotopic (exact) mass is 399 g/mol. The van der Waals surface area contributed by atoms with Crippen molar-refractivity contribution in [3.05, 3.63) is 75.4 Å². The van der Waals surface area contributed by atoms with Crippen LogP contribution in [0.5, 0.6) is 0 Å². The van der Waals surface area contributed by atoms with Crippen molar-refractivity contribution in [2.45, 2.75) is 6.42 Å². The number of nitro groups is 1. The first kappa shape index (κ1) is 19.2. The molecule has 3 aromatic rings. The van der Waals surface area contributed by atoms with Gasteiger partial charge in [0.15, 0.2) is 6.61 Å². The van der Waals surface area contributed by atoms with Crippen molar-refractivity contribution in [2.24, 2.45) is 0 Å². The number of hydrogen-bond donors (Lipinski definition) is 1. The molecular weight excluding hydrogens is 386 g/mol. The van der Waals surface area contributed by atoms with Gasteiger partial charge in [-0.1, -0.05) is 35.9 Å². The predicted molar refractivity (Wildman–Crippen MR) is 103 cm³/mol. The Morgan fingerprint density at radius 2 is 1.96 bits per heavy atom. The first-order chi connectivity index (χ1) is 13.4. The van der Waals surface area contributed by atoms with Crippen molar-refractivity contribution in [3.63, 3.8) is 0 Å². The summed E-state index contributed by atoms with van der Waals surface area (Å²) < 4.78 is 5.00. The van der Waals surface area contributed by atoms with E-state index in [0.717, 1.165) is 11.5 Å². The molecule has 0 saturated heterocycles. The van der Waals surface area contributed by atoms with E-state index in [1.807, 2.05) is 18.2 Å². The van der Waals surface area contributed by atoms with E-state index in [1.54, 1.807) is 18.3 Å². The Hall–Kier alpha value is -3.52. The summed E-state index contributed by atoms with van der Waals surface area (Å²) in [5, 5.41) is 14.0. The van der Waals surface area contributed by atoms with Gasteiger partial charge in [0.2, 0.25) is 0 Å². The van der Waals surface area contributed by atoms with Crippen LogP contribution in [0.25, 0.3) is 10.9 Å². The highest BCUT2D eigenvalue weighted by Gasteiger charge is 2.14. The van der Waals surface area contributed by atoms with E-state index in [0.29, 0.717) is 11.1 Å². The van der Waals surface area contributed by atoms with Gasteiger partial charge in [0.25, 0.3) is 11.6 Å². The fourth-order valence-corrected chi connectivity index (χ4v) is 2.79. The number of nitro benzene ring substituents is 1. The van der Waals surface area contributed by atoms with Crippen molar-refractivity contribution in [3.8, 4) is 0 Å². The number of nitrogens with one attached hydrogen (secondary N) is 1. The van der Waals surface area contributed by atoms with Crippen LogP contribution in [0.15, 0.2) is 54.7 Å². The summed E-state index contributed by atoms with van der Waals surface area (Å²) in [6.07, 6.45) is 1.61. The summed E-state index contributed by atoms with van der Waals surface area (Å²) in [5.74, 6) is -1.19. The van der Waals surface area contributed by atoms with Crippen molar-refractivity contribution in [2.75, 3.05) is 11.9 Å². The van der Waals surface area contributed by atoms with Crippen LogP contribution in [0.4, 0.5) is 11.4 Å². The van der Waals surface area contributed by atoms with Gasteiger partial charge in [-0.25, -0.2) is 0 Å². The maximum Gasteiger partial charge on any atom is 0.310 e. The molecule has 1 aromatic heterocycles. The maximum atomic E-state index is 12.1. The molecule has 0 bridgehead atoms. The van der Waals surface area contributed by atoms with E-state index in [4.69, 9.17) is 16.3 Å². The lowest BCUT2D eigenvalue weighted by Gasteiger charge is -2.09. The molecule has 0 unspecified atom stereocenters. The Bertz CT molecular complexity index is 1070. The number of pyridine rings is 1. The van der Waals surface area contributed by atoms with Crippen LogP contribution >= 0.6 is 11.6 Å². The molecular formula is C19H14ClN3O5. The van der Waals surface area contributed by atoms with E-state index < -0.39 is 23.4 Å². The molecule has 1 heterocycles. The zero-order valence-electron chi connectivity index (χ0n) is 14.4. The van der Waals surface area contributed by atoms with Crippen LogP contribution in [0.3, 0.4) is 0 Å². The number of hydrogen-bond acceptors (Lipinski definition) is 6. The molecule has 0 saturated carbocycles. The number of halogens is 1. The van der Waals surface area contributed by atoms with Crippen LogP contribution in [0, 0.1) is 10.1 Å². The average molecular weight is 400 g/mol. The second kappa shape index (κ2) is 8.45. The normalized spacial score (nSPS) is 10.5. The number of para-hydroxylation sites is 1. The van der Waals surface area contributed by atoms with Gasteiger partial charge in [-0.2, -0.15) is 0 Å². The van der Waals surface area contributed by atoms with Crippen molar-refractivity contribution in [1.82, 2.24) is 4.98 Å². The number of esters is 1. The molecule has 28 heavy (non-hydrogen) atoms. The Labute approximate surface area is 164 Å². The molecule has 0 atom stereocenters. The third-order valence-corrected chi connectivity index (χ3v) is 4.17. The summed E-state index contributed by atoms with van der Waals surface area (Å²) in [6.45, 7) is -0.510. The Morgan fingerprint density at radius 1 is 1.18 bits per heavy atom. The van der Waals surface area contributed by atoms with Crippen LogP contribution in [0.1, 0.15) is 5.56 Å². The number of amides is 1. The largest absolute Gasteiger partial charge is 0.455 e. The highest BCUT2D eigenvalue weighted by atomic mass is 35.5. The number of nitrogens with zero attached hydrogens (tertiary/aromatic N) is 2. The summed E-state index contributed by atoms with van der Waals surface area (Å²) in [4.78, 5) is 38.4. The third kappa shape index (κ3) is 4.60. The number of carbonyl (C=O) groups excluding carboxylic acids is 2. The molecule has 0 aliphatic heterocycles. The molecule has 0 aliphatic carbocycles. The number of carbonyl (C=O) groups is 2. The van der Waals surface area contributed by atoms with Gasteiger partial charge in [-0.15, -0.1) is 0 Å². The van der Waals surface area contributed by atoms with Crippen molar-refractivity contribution < 1.29 is 19.2 Å². The van der Waals surface area contributed by atoms with Crippen molar-refractivity contribution in [1.29, 1.82) is 0 Å². The van der Waals surface area contributed by atoms with E-state index in [1.165, 1.54) is 12.1 Å². The molecule has 0 fully saturated rings. The standard InChI is InChI=1S/C19H14ClN3O5/c20-15-10-14(23(26)27)6-7-16(15)22-17(24)11-28-18(25)9-13-4-1-3-12-5-2-8-21-19(12)13/h1-8,10H,9,11H2,(H,22,24). The fraction of sp³-hybridized carbons (Fsp3) is 0.105. The molecule has 142 valence electrons. The molecule has 3 rings (SSSR count). The van der Waals surface area contributed by atoms with E-state index in [-0.39, 0.29) is 22.8 Å². The van der Waals surface area contributed by atoms with E-state index in [2.05, 4.69) is 10.3 Å². The number of non-ortho nitro benzene ring substituents is 1. The number of aromatic nitrogens is 1. The predicted octanol–water partition coefficient (Wildman–Crippen LogP) is 3.52. The summed E-state index contributed by atoms with van der Waals surface area (Å²) >= 11 is 5.91. The first-order valence-electron chi connectivity index (χ1n) is 8.16. The van der Waals surface area contributed by atoms with E-state index >= 15 is 0 Å². The lowest BCUT2D eigenvalue weighted by Crippen LogP contribution is -2.21. The van der Waals surface area contributed by atoms with Crippen LogP contribution in [-0.2, 0) is 20.7 Å². The number of fused-ring (bicyclic) bond motifs is 1. The van der Waals surface area contributed by atoms with Crippen LogP contribution in [0.2, 0.25) is 5.02 Å². The number of benzene rings is 2. The van der Waals surface area contributed by atoms with Crippen LogP contribution in [-0.4, -0.2) is 28.4 Å². The third-order valence-electron chi connectivity index (χ3n) is 3.85. The molecule has 1 amide bonds. The second-order valence-electron chi connectivity index (χ2n) is 5.80. The highest BCUT2D eigenvalue weighted by molar-refractivity contribution is 6.34. The smallest absolute Gasteiger partial charge is 0.310 e. The van der Waals surface area contributed by atoms with Crippen molar-refractivity contribution >= 4 is 45.8 Å². The molecule has 0 aliphatic rings. The topological polar surface area (TPSA) is 111 Å². The zero-order valence-corrected chi connectivity index (χ0v) is 15.2. The lowest BCUT2D eigenvalue weighted by molar-refractivity contribution is -0.384. The van der Waals surface area contributed by atoms with Gasteiger partial charge in [-0.05, 0) is 17.7 Å². The number of anilines is 1. The minimum Gasteiger partial charge on any atom is -0.455 e. The highest BCUT2D eigenvalue weighted by Crippen LogP contribution is 2.26. The number of ether oxygens (including phenoxy) is 1. The van der Waals surface area contributed by atoms with Gasteiger partial charge in [-0.3, -0.25) is 24.7 Å². The van der Waals surface area contributed by atoms with Gasteiger partial charge >= 0.3 is 5.97 Å². The SMILES string of the molecule is O=C(COC(=O)Cc1cccc2cccnc12)Nc1ccc([N+](=O)[O-])cc1Cl. The average Bonchev–Trinajstić information content (AvgIpc) is 2.68. The molecule has 0 radical (unpaired) electrons. The maximum absolute atomic E-state index is 12.1. The molecule has 9 heteroatoms. The minimum atomic E-state index is -0.611. The van der Waals surface area contributed by atoms with E-state index in [9.17, 15) is 19.7 Å². The van der Waals surface area contributed by atoms with Gasteiger partial charge in [0, 0.05) is 23.7 Å². The fourth-order valence-electron chi connectivity index (χ4n) is 2.57. The molecule has 2 aromatic carbocycles. The zero-order chi connectivity index (χ0) is 20.1. The van der Waals surface area contributed by atoms with Crippen LogP contribution < -0.4 is 5.32 Å². The Balaban J connectivity index is 1.57. The van der Waals surface area contributed by atoms with Gasteiger partial charge in [0.1, 0.15) is 0 Å². The molecule has 8 nitrogen and oxygen atoms in total. The van der Waals surface area contributed by atoms with Gasteiger partial charge in [0.05, 0.1) is 27.6 Å². The minimum absolute atomic E-state index is 0.00991. The summed E-state index contributed by atoms with van der Waals surface area (Å²) in [5.41, 5.74) is 1.38. The Kier molecular flexibility index (Phi) is 5.81. The Morgan fingerprint density at radius 3 is 2.71 bits per heavy atom. The molecule has 1 N–H and O–H groups in total. The van der Waals surface area contributed by atoms with Gasteiger partial charge < -0.3 is 10.1 Å². The quantitative estimate of drug-likeness (QED) is 0.385. The number of rotatable bonds is 6.